The molecule has 1 aromatic rings. The Hall–Kier alpha value is -0.580. The molecule has 0 spiro atoms. The molecule has 3 nitrogen and oxygen atoms in total. The van der Waals surface area contributed by atoms with Gasteiger partial charge in [-0.15, -0.1) is 0 Å². The van der Waals surface area contributed by atoms with E-state index < -0.39 is 0 Å². The number of rotatable bonds is 5. The second kappa shape index (κ2) is 6.04. The molecule has 2 atom stereocenters. The van der Waals surface area contributed by atoms with Gasteiger partial charge < -0.3 is 15.3 Å². The predicted octanol–water partition coefficient (Wildman–Crippen LogP) is 2.91. The van der Waals surface area contributed by atoms with E-state index >= 15 is 0 Å². The van der Waals surface area contributed by atoms with E-state index in [2.05, 4.69) is 44.3 Å². The number of benzene rings is 1. The summed E-state index contributed by atoms with van der Waals surface area (Å²) in [5, 5.41) is 13.4. The topological polar surface area (TPSA) is 35.5 Å². The minimum absolute atomic E-state index is 0.205. The molecular weight excluding hydrogens is 316 g/mol. The molecule has 2 fully saturated rings. The van der Waals surface area contributed by atoms with Gasteiger partial charge in [0.15, 0.2) is 0 Å². The number of hydrogen-bond acceptors (Lipinski definition) is 3. The number of nitrogens with one attached hydrogen (secondary N) is 1. The lowest BCUT2D eigenvalue weighted by molar-refractivity contribution is 0.136. The zero-order valence-corrected chi connectivity index (χ0v) is 13.6. The fourth-order valence-electron chi connectivity index (χ4n) is 2.95. The first-order valence-electron chi connectivity index (χ1n) is 7.58. The maximum absolute atomic E-state index is 9.77. The van der Waals surface area contributed by atoms with Gasteiger partial charge >= 0.3 is 0 Å². The third-order valence-electron chi connectivity index (χ3n) is 4.45. The van der Waals surface area contributed by atoms with Gasteiger partial charge in [0.1, 0.15) is 0 Å². The molecule has 3 rings (SSSR count). The average molecular weight is 339 g/mol. The van der Waals surface area contributed by atoms with Crippen molar-refractivity contribution in [1.29, 1.82) is 0 Å². The van der Waals surface area contributed by atoms with Crippen LogP contribution in [0, 0.1) is 5.92 Å². The lowest BCUT2D eigenvalue weighted by atomic mass is 10.0. The molecule has 1 saturated carbocycles. The second-order valence-electron chi connectivity index (χ2n) is 6.16. The second-order valence-corrected chi connectivity index (χ2v) is 7.08. The highest BCUT2D eigenvalue weighted by atomic mass is 79.9. The van der Waals surface area contributed by atoms with E-state index in [0.717, 1.165) is 36.6 Å². The van der Waals surface area contributed by atoms with Gasteiger partial charge in [0, 0.05) is 41.8 Å². The standard InChI is InChI=1S/C16H23BrN2O/c1-11(20)12-6-7-19(10-12)16-5-2-14(17)8-13(16)9-18-15-3-4-15/h2,5,8,11-12,15,18,20H,3-4,6-7,9-10H2,1H3. The third-order valence-corrected chi connectivity index (χ3v) is 4.94. The molecule has 2 N–H and O–H groups in total. The molecule has 1 heterocycles. The maximum atomic E-state index is 9.77. The highest BCUT2D eigenvalue weighted by Crippen LogP contribution is 2.31. The van der Waals surface area contributed by atoms with E-state index in [4.69, 9.17) is 0 Å². The lowest BCUT2D eigenvalue weighted by Crippen LogP contribution is -2.26. The van der Waals surface area contributed by atoms with Crippen molar-refractivity contribution in [3.63, 3.8) is 0 Å². The molecule has 4 heteroatoms. The van der Waals surface area contributed by atoms with Gasteiger partial charge in [0.05, 0.1) is 6.10 Å². The van der Waals surface area contributed by atoms with E-state index in [9.17, 15) is 5.11 Å². The summed E-state index contributed by atoms with van der Waals surface area (Å²) in [6.07, 6.45) is 3.51. The monoisotopic (exact) mass is 338 g/mol. The van der Waals surface area contributed by atoms with Gasteiger partial charge in [-0.25, -0.2) is 0 Å². The molecular formula is C16H23BrN2O. The largest absolute Gasteiger partial charge is 0.393 e. The Morgan fingerprint density at radius 2 is 2.20 bits per heavy atom. The first kappa shape index (κ1) is 14.4. The third kappa shape index (κ3) is 3.35. The van der Waals surface area contributed by atoms with Crippen LogP contribution in [0.5, 0.6) is 0 Å². The van der Waals surface area contributed by atoms with Crippen LogP contribution in [0.3, 0.4) is 0 Å². The minimum Gasteiger partial charge on any atom is -0.393 e. The van der Waals surface area contributed by atoms with Crippen molar-refractivity contribution in [3.8, 4) is 0 Å². The Morgan fingerprint density at radius 1 is 1.40 bits per heavy atom. The van der Waals surface area contributed by atoms with Crippen LogP contribution in [0.1, 0.15) is 31.7 Å². The van der Waals surface area contributed by atoms with Crippen LogP contribution in [-0.2, 0) is 6.54 Å². The maximum Gasteiger partial charge on any atom is 0.0557 e. The molecule has 110 valence electrons. The summed E-state index contributed by atoms with van der Waals surface area (Å²) in [4.78, 5) is 2.42. The SMILES string of the molecule is CC(O)C1CCN(c2ccc(Br)cc2CNC2CC2)C1. The van der Waals surface area contributed by atoms with Gasteiger partial charge in [0.2, 0.25) is 0 Å². The average Bonchev–Trinajstić information content (AvgIpc) is 3.11. The molecule has 1 aliphatic heterocycles. The Balaban J connectivity index is 1.74. The normalized spacial score (nSPS) is 24.1. The molecule has 1 saturated heterocycles. The van der Waals surface area contributed by atoms with Crippen molar-refractivity contribution < 1.29 is 5.11 Å². The molecule has 2 aliphatic rings. The minimum atomic E-state index is -0.205. The van der Waals surface area contributed by atoms with Gasteiger partial charge in [-0.05, 0) is 49.9 Å². The smallest absolute Gasteiger partial charge is 0.0557 e. The van der Waals surface area contributed by atoms with E-state index in [1.54, 1.807) is 0 Å². The zero-order chi connectivity index (χ0) is 14.1. The number of anilines is 1. The fourth-order valence-corrected chi connectivity index (χ4v) is 3.35. The molecule has 1 aliphatic carbocycles. The Bertz CT molecular complexity index is 474. The quantitative estimate of drug-likeness (QED) is 0.866. The summed E-state index contributed by atoms with van der Waals surface area (Å²) in [6.45, 7) is 4.87. The summed E-state index contributed by atoms with van der Waals surface area (Å²) < 4.78 is 1.14. The van der Waals surface area contributed by atoms with Gasteiger partial charge in [0.25, 0.3) is 0 Å². The molecule has 20 heavy (non-hydrogen) atoms. The first-order valence-corrected chi connectivity index (χ1v) is 8.37. The summed E-state index contributed by atoms with van der Waals surface area (Å²) >= 11 is 3.58. The van der Waals surface area contributed by atoms with E-state index in [-0.39, 0.29) is 6.10 Å². The van der Waals surface area contributed by atoms with Crippen molar-refractivity contribution in [3.05, 3.63) is 28.2 Å². The predicted molar refractivity (Wildman–Crippen MR) is 86.0 cm³/mol. The molecule has 0 bridgehead atoms. The van der Waals surface area contributed by atoms with E-state index in [1.165, 1.54) is 24.1 Å². The van der Waals surface area contributed by atoms with E-state index in [0.29, 0.717) is 5.92 Å². The number of halogens is 1. The Kier molecular flexibility index (Phi) is 4.34. The van der Waals surface area contributed by atoms with Crippen molar-refractivity contribution in [2.45, 2.75) is 44.9 Å². The van der Waals surface area contributed by atoms with Crippen LogP contribution in [0.4, 0.5) is 5.69 Å². The number of aliphatic hydroxyl groups excluding tert-OH is 1. The molecule has 0 aromatic heterocycles. The van der Waals surface area contributed by atoms with Crippen LogP contribution >= 0.6 is 15.9 Å². The van der Waals surface area contributed by atoms with Gasteiger partial charge in [-0.1, -0.05) is 15.9 Å². The highest BCUT2D eigenvalue weighted by molar-refractivity contribution is 9.10. The van der Waals surface area contributed by atoms with Crippen molar-refractivity contribution >= 4 is 21.6 Å². The summed E-state index contributed by atoms with van der Waals surface area (Å²) in [5.74, 6) is 0.405. The first-order chi connectivity index (χ1) is 9.63. The number of aliphatic hydroxyl groups is 1. The fraction of sp³-hybridized carbons (Fsp3) is 0.625. The lowest BCUT2D eigenvalue weighted by Gasteiger charge is -2.23. The van der Waals surface area contributed by atoms with Crippen molar-refractivity contribution in [1.82, 2.24) is 5.32 Å². The van der Waals surface area contributed by atoms with Gasteiger partial charge in [-0.3, -0.25) is 0 Å². The molecule has 1 aromatic carbocycles. The van der Waals surface area contributed by atoms with Crippen LogP contribution in [0.15, 0.2) is 22.7 Å². The molecule has 0 amide bonds. The molecule has 0 radical (unpaired) electrons. The van der Waals surface area contributed by atoms with Crippen LogP contribution < -0.4 is 10.2 Å². The van der Waals surface area contributed by atoms with Crippen molar-refractivity contribution in [2.75, 3.05) is 18.0 Å². The molecule has 2 unspecified atom stereocenters. The van der Waals surface area contributed by atoms with E-state index in [1.807, 2.05) is 6.92 Å². The Morgan fingerprint density at radius 3 is 2.85 bits per heavy atom. The van der Waals surface area contributed by atoms with Crippen LogP contribution in [0.2, 0.25) is 0 Å². The Labute approximate surface area is 129 Å². The van der Waals surface area contributed by atoms with Crippen molar-refractivity contribution in [2.24, 2.45) is 5.92 Å². The zero-order valence-electron chi connectivity index (χ0n) is 12.0. The van der Waals surface area contributed by atoms with Crippen LogP contribution in [-0.4, -0.2) is 30.3 Å². The highest BCUT2D eigenvalue weighted by Gasteiger charge is 2.27. The van der Waals surface area contributed by atoms with Gasteiger partial charge in [-0.2, -0.15) is 0 Å². The van der Waals surface area contributed by atoms with Crippen LogP contribution in [0.25, 0.3) is 0 Å². The number of hydrogen-bond donors (Lipinski definition) is 2. The summed E-state index contributed by atoms with van der Waals surface area (Å²) in [6, 6.07) is 7.27. The summed E-state index contributed by atoms with van der Waals surface area (Å²) in [5.41, 5.74) is 2.68. The summed E-state index contributed by atoms with van der Waals surface area (Å²) in [7, 11) is 0. The number of nitrogens with zero attached hydrogens (tertiary/aromatic N) is 1.